The summed E-state index contributed by atoms with van der Waals surface area (Å²) in [6, 6.07) is 15.9. The average molecular weight is 406 g/mol. The van der Waals surface area contributed by atoms with Crippen LogP contribution >= 0.6 is 0 Å². The molecule has 0 radical (unpaired) electrons. The summed E-state index contributed by atoms with van der Waals surface area (Å²) in [4.78, 5) is 17.4. The SMILES string of the molecule is O=C1c2[nH]nc(-c3ccccc3)c2C(c2cccc(F)c2)N1CCN1CCOCC1. The van der Waals surface area contributed by atoms with E-state index >= 15 is 0 Å². The number of benzene rings is 2. The standard InChI is InChI=1S/C23H23FN4O2/c24-18-8-4-7-17(15-18)22-19-20(16-5-2-1-3-6-16)25-26-21(19)23(29)28(22)10-9-27-11-13-30-14-12-27/h1-8,15,22H,9-14H2,(H,25,26). The molecule has 1 fully saturated rings. The van der Waals surface area contributed by atoms with E-state index in [-0.39, 0.29) is 17.8 Å². The lowest BCUT2D eigenvalue weighted by atomic mass is 9.96. The molecule has 0 aliphatic carbocycles. The number of ether oxygens (including phenoxy) is 1. The molecule has 0 saturated carbocycles. The van der Waals surface area contributed by atoms with Crippen molar-refractivity contribution in [3.63, 3.8) is 0 Å². The van der Waals surface area contributed by atoms with Gasteiger partial charge in [0.2, 0.25) is 0 Å². The first-order valence-electron chi connectivity index (χ1n) is 10.2. The molecule has 6 nitrogen and oxygen atoms in total. The number of morpholine rings is 1. The third-order valence-corrected chi connectivity index (χ3v) is 5.84. The van der Waals surface area contributed by atoms with E-state index in [0.717, 1.165) is 42.0 Å². The Morgan fingerprint density at radius 3 is 2.63 bits per heavy atom. The minimum Gasteiger partial charge on any atom is -0.379 e. The maximum atomic E-state index is 14.1. The molecule has 1 unspecified atom stereocenters. The molecule has 154 valence electrons. The molecular formula is C23H23FN4O2. The van der Waals surface area contributed by atoms with Crippen molar-refractivity contribution < 1.29 is 13.9 Å². The van der Waals surface area contributed by atoms with E-state index in [1.54, 1.807) is 6.07 Å². The van der Waals surface area contributed by atoms with Gasteiger partial charge in [0, 0.05) is 37.3 Å². The number of carbonyl (C=O) groups is 1. The van der Waals surface area contributed by atoms with Crippen molar-refractivity contribution >= 4 is 5.91 Å². The van der Waals surface area contributed by atoms with Crippen LogP contribution in [0.15, 0.2) is 54.6 Å². The van der Waals surface area contributed by atoms with Gasteiger partial charge in [0.15, 0.2) is 0 Å². The first-order valence-corrected chi connectivity index (χ1v) is 10.2. The van der Waals surface area contributed by atoms with Crippen LogP contribution < -0.4 is 0 Å². The van der Waals surface area contributed by atoms with Crippen LogP contribution in [0.4, 0.5) is 4.39 Å². The van der Waals surface area contributed by atoms with Crippen molar-refractivity contribution in [2.45, 2.75) is 6.04 Å². The molecule has 1 amide bonds. The van der Waals surface area contributed by atoms with Gasteiger partial charge in [0.25, 0.3) is 5.91 Å². The van der Waals surface area contributed by atoms with Gasteiger partial charge in [-0.2, -0.15) is 5.10 Å². The van der Waals surface area contributed by atoms with Gasteiger partial charge in [-0.25, -0.2) is 4.39 Å². The molecule has 1 aromatic heterocycles. The second kappa shape index (κ2) is 8.01. The number of nitrogens with zero attached hydrogens (tertiary/aromatic N) is 3. The molecule has 30 heavy (non-hydrogen) atoms. The van der Waals surface area contributed by atoms with Crippen molar-refractivity contribution in [2.24, 2.45) is 0 Å². The summed E-state index contributed by atoms with van der Waals surface area (Å²) in [6.07, 6.45) is 0. The average Bonchev–Trinajstić information content (AvgIpc) is 3.32. The van der Waals surface area contributed by atoms with Crippen molar-refractivity contribution in [1.82, 2.24) is 20.0 Å². The van der Waals surface area contributed by atoms with Crippen LogP contribution in [0, 0.1) is 5.82 Å². The number of aromatic nitrogens is 2. The number of fused-ring (bicyclic) bond motifs is 1. The zero-order valence-corrected chi connectivity index (χ0v) is 16.6. The number of hydrogen-bond acceptors (Lipinski definition) is 4. The Labute approximate surface area is 174 Å². The molecule has 3 heterocycles. The fourth-order valence-electron chi connectivity index (χ4n) is 4.34. The van der Waals surface area contributed by atoms with E-state index in [9.17, 15) is 9.18 Å². The number of halogens is 1. The molecule has 2 aliphatic rings. The van der Waals surface area contributed by atoms with Crippen LogP contribution in [0.5, 0.6) is 0 Å². The van der Waals surface area contributed by atoms with Crippen molar-refractivity contribution in [2.75, 3.05) is 39.4 Å². The molecule has 2 aliphatic heterocycles. The highest BCUT2D eigenvalue weighted by Gasteiger charge is 2.42. The largest absolute Gasteiger partial charge is 0.379 e. The number of amides is 1. The van der Waals surface area contributed by atoms with Gasteiger partial charge in [-0.05, 0) is 17.7 Å². The predicted molar refractivity (Wildman–Crippen MR) is 111 cm³/mol. The van der Waals surface area contributed by atoms with Crippen LogP contribution in [0.2, 0.25) is 0 Å². The molecule has 1 atom stereocenters. The predicted octanol–water partition coefficient (Wildman–Crippen LogP) is 3.09. The van der Waals surface area contributed by atoms with E-state index in [4.69, 9.17) is 4.74 Å². The molecule has 2 aromatic carbocycles. The Hall–Kier alpha value is -3.03. The van der Waals surface area contributed by atoms with Crippen molar-refractivity contribution in [3.8, 4) is 11.3 Å². The summed E-state index contributed by atoms with van der Waals surface area (Å²) < 4.78 is 19.5. The lowest BCUT2D eigenvalue weighted by Crippen LogP contribution is -2.42. The maximum absolute atomic E-state index is 14.1. The normalized spacial score (nSPS) is 19.3. The van der Waals surface area contributed by atoms with E-state index in [2.05, 4.69) is 15.1 Å². The number of H-pyrrole nitrogens is 1. The number of aromatic amines is 1. The molecule has 0 bridgehead atoms. The molecule has 7 heteroatoms. The van der Waals surface area contributed by atoms with Crippen LogP contribution in [-0.2, 0) is 4.74 Å². The minimum absolute atomic E-state index is 0.0952. The summed E-state index contributed by atoms with van der Waals surface area (Å²) in [5.41, 5.74) is 3.73. The Bertz CT molecular complexity index is 1050. The highest BCUT2D eigenvalue weighted by atomic mass is 19.1. The molecule has 3 aromatic rings. The Morgan fingerprint density at radius 1 is 1.07 bits per heavy atom. The highest BCUT2D eigenvalue weighted by Crippen LogP contribution is 2.42. The fraction of sp³-hybridized carbons (Fsp3) is 0.304. The number of nitrogens with one attached hydrogen (secondary N) is 1. The number of hydrogen-bond donors (Lipinski definition) is 1. The monoisotopic (exact) mass is 406 g/mol. The fourth-order valence-corrected chi connectivity index (χ4v) is 4.34. The summed E-state index contributed by atoms with van der Waals surface area (Å²) in [5.74, 6) is -0.409. The van der Waals surface area contributed by atoms with Gasteiger partial charge < -0.3 is 9.64 Å². The summed E-state index contributed by atoms with van der Waals surface area (Å²) in [7, 11) is 0. The lowest BCUT2D eigenvalue weighted by Gasteiger charge is -2.31. The molecular weight excluding hydrogens is 383 g/mol. The Kier molecular flexibility index (Phi) is 5.06. The number of carbonyl (C=O) groups excluding carboxylic acids is 1. The quantitative estimate of drug-likeness (QED) is 0.707. The van der Waals surface area contributed by atoms with Crippen LogP contribution in [0.1, 0.15) is 27.7 Å². The molecule has 1 saturated heterocycles. The molecule has 5 rings (SSSR count). The second-order valence-corrected chi connectivity index (χ2v) is 7.64. The zero-order chi connectivity index (χ0) is 20.5. The number of rotatable bonds is 5. The summed E-state index contributed by atoms with van der Waals surface area (Å²) in [6.45, 7) is 4.43. The van der Waals surface area contributed by atoms with E-state index in [1.165, 1.54) is 12.1 Å². The lowest BCUT2D eigenvalue weighted by molar-refractivity contribution is 0.0316. The second-order valence-electron chi connectivity index (χ2n) is 7.64. The third-order valence-electron chi connectivity index (χ3n) is 5.84. The van der Waals surface area contributed by atoms with Gasteiger partial charge in [0.05, 0.1) is 24.9 Å². The third kappa shape index (κ3) is 3.40. The minimum atomic E-state index is -0.377. The van der Waals surface area contributed by atoms with Gasteiger partial charge in [-0.1, -0.05) is 42.5 Å². The first-order chi connectivity index (χ1) is 14.7. The molecule has 1 N–H and O–H groups in total. The Balaban J connectivity index is 1.53. The van der Waals surface area contributed by atoms with Gasteiger partial charge in [-0.15, -0.1) is 0 Å². The summed E-state index contributed by atoms with van der Waals surface area (Å²) >= 11 is 0. The van der Waals surface area contributed by atoms with Gasteiger partial charge in [-0.3, -0.25) is 14.8 Å². The van der Waals surface area contributed by atoms with Crippen molar-refractivity contribution in [3.05, 3.63) is 77.2 Å². The smallest absolute Gasteiger partial charge is 0.273 e. The summed E-state index contributed by atoms with van der Waals surface area (Å²) in [5, 5.41) is 7.40. The van der Waals surface area contributed by atoms with Crippen LogP contribution in [0.3, 0.4) is 0 Å². The highest BCUT2D eigenvalue weighted by molar-refractivity contribution is 6.00. The van der Waals surface area contributed by atoms with E-state index in [1.807, 2.05) is 41.3 Å². The first kappa shape index (κ1) is 19.0. The van der Waals surface area contributed by atoms with E-state index in [0.29, 0.717) is 25.5 Å². The van der Waals surface area contributed by atoms with Gasteiger partial charge >= 0.3 is 0 Å². The van der Waals surface area contributed by atoms with Crippen LogP contribution in [-0.4, -0.2) is 65.3 Å². The maximum Gasteiger partial charge on any atom is 0.273 e. The topological polar surface area (TPSA) is 61.5 Å². The van der Waals surface area contributed by atoms with Crippen molar-refractivity contribution in [1.29, 1.82) is 0 Å². The molecule has 0 spiro atoms. The zero-order valence-electron chi connectivity index (χ0n) is 16.6. The van der Waals surface area contributed by atoms with E-state index < -0.39 is 0 Å². The van der Waals surface area contributed by atoms with Gasteiger partial charge in [0.1, 0.15) is 11.5 Å². The van der Waals surface area contributed by atoms with Crippen LogP contribution in [0.25, 0.3) is 11.3 Å². The Morgan fingerprint density at radius 2 is 1.87 bits per heavy atom.